The molecule has 0 atom stereocenters. The summed E-state index contributed by atoms with van der Waals surface area (Å²) < 4.78 is 0.817. The van der Waals surface area contributed by atoms with Gasteiger partial charge < -0.3 is 10.4 Å². The van der Waals surface area contributed by atoms with E-state index in [0.29, 0.717) is 4.34 Å². The van der Waals surface area contributed by atoms with Crippen molar-refractivity contribution in [3.05, 3.63) is 0 Å². The Morgan fingerprint density at radius 1 is 1.53 bits per heavy atom. The fourth-order valence-corrected chi connectivity index (χ4v) is 2.51. The van der Waals surface area contributed by atoms with Crippen LogP contribution in [0.25, 0.3) is 0 Å². The molecule has 1 aromatic heterocycles. The van der Waals surface area contributed by atoms with Gasteiger partial charge in [0.2, 0.25) is 5.13 Å². The summed E-state index contributed by atoms with van der Waals surface area (Å²) in [6, 6.07) is 0. The highest BCUT2D eigenvalue weighted by Gasteiger charge is 2.16. The number of thioether (sulfide) groups is 2. The van der Waals surface area contributed by atoms with Crippen molar-refractivity contribution in [1.82, 2.24) is 10.2 Å². The van der Waals surface area contributed by atoms with Crippen molar-refractivity contribution in [1.29, 1.82) is 0 Å². The highest BCUT2D eigenvalue weighted by molar-refractivity contribution is 8.01. The van der Waals surface area contributed by atoms with Crippen molar-refractivity contribution in [2.45, 2.75) is 22.9 Å². The van der Waals surface area contributed by atoms with Gasteiger partial charge in [0.15, 0.2) is 4.34 Å². The molecule has 2 N–H and O–H groups in total. The van der Waals surface area contributed by atoms with Gasteiger partial charge in [0.1, 0.15) is 0 Å². The molecule has 0 bridgehead atoms. The predicted molar refractivity (Wildman–Crippen MR) is 74.4 cm³/mol. The molecular formula is C9H15N3O2S3. The molecule has 0 saturated heterocycles. The molecule has 0 radical (unpaired) electrons. The number of aliphatic carboxylic acids is 1. The smallest absolute Gasteiger partial charge is 0.313 e. The van der Waals surface area contributed by atoms with E-state index in [2.05, 4.69) is 35.6 Å². The molecule has 96 valence electrons. The zero-order chi connectivity index (χ0) is 12.9. The lowest BCUT2D eigenvalue weighted by Gasteiger charge is -2.21. The maximum absolute atomic E-state index is 10.4. The molecule has 8 heteroatoms. The molecule has 17 heavy (non-hydrogen) atoms. The number of hydrogen-bond acceptors (Lipinski definition) is 7. The van der Waals surface area contributed by atoms with Gasteiger partial charge >= 0.3 is 5.97 Å². The summed E-state index contributed by atoms with van der Waals surface area (Å²) in [6.07, 6.45) is 2.07. The molecule has 0 unspecified atom stereocenters. The van der Waals surface area contributed by atoms with Gasteiger partial charge in [-0.3, -0.25) is 4.79 Å². The van der Waals surface area contributed by atoms with E-state index in [-0.39, 0.29) is 10.5 Å². The Labute approximate surface area is 113 Å². The molecule has 0 aliphatic carbocycles. The van der Waals surface area contributed by atoms with E-state index in [1.165, 1.54) is 23.1 Å². The first-order chi connectivity index (χ1) is 7.93. The van der Waals surface area contributed by atoms with E-state index in [0.717, 1.165) is 11.7 Å². The molecule has 1 heterocycles. The average Bonchev–Trinajstić information content (AvgIpc) is 2.72. The van der Waals surface area contributed by atoms with Crippen molar-refractivity contribution >= 4 is 46.0 Å². The van der Waals surface area contributed by atoms with Crippen LogP contribution in [0.15, 0.2) is 4.34 Å². The Morgan fingerprint density at radius 3 is 2.82 bits per heavy atom. The first kappa shape index (κ1) is 14.6. The summed E-state index contributed by atoms with van der Waals surface area (Å²) in [5, 5.41) is 20.4. The summed E-state index contributed by atoms with van der Waals surface area (Å²) >= 11 is 4.35. The third-order valence-electron chi connectivity index (χ3n) is 1.94. The van der Waals surface area contributed by atoms with Crippen molar-refractivity contribution in [3.8, 4) is 0 Å². The van der Waals surface area contributed by atoms with Gasteiger partial charge in [0.25, 0.3) is 0 Å². The van der Waals surface area contributed by atoms with Crippen LogP contribution in [0.1, 0.15) is 13.8 Å². The predicted octanol–water partition coefficient (Wildman–Crippen LogP) is 2.27. The summed E-state index contributed by atoms with van der Waals surface area (Å²) in [5.74, 6) is -0.825. The Bertz CT molecular complexity index is 381. The fourth-order valence-electron chi connectivity index (χ4n) is 0.824. The van der Waals surface area contributed by atoms with Crippen LogP contribution in [0.4, 0.5) is 5.13 Å². The molecule has 0 aliphatic rings. The van der Waals surface area contributed by atoms with E-state index in [9.17, 15) is 4.79 Å². The first-order valence-electron chi connectivity index (χ1n) is 4.90. The molecule has 0 aliphatic heterocycles. The second-order valence-corrected chi connectivity index (χ2v) is 7.59. The maximum atomic E-state index is 10.4. The number of carboxylic acids is 1. The SMILES string of the molecule is CSC(C)(C)CNc1nnc(SCC(=O)O)s1. The quantitative estimate of drug-likeness (QED) is 0.747. The maximum Gasteiger partial charge on any atom is 0.313 e. The van der Waals surface area contributed by atoms with Gasteiger partial charge in [0.05, 0.1) is 5.75 Å². The highest BCUT2D eigenvalue weighted by atomic mass is 32.2. The van der Waals surface area contributed by atoms with E-state index in [4.69, 9.17) is 5.11 Å². The third-order valence-corrected chi connectivity index (χ3v) is 5.19. The van der Waals surface area contributed by atoms with Crippen molar-refractivity contribution < 1.29 is 9.90 Å². The second-order valence-electron chi connectivity index (χ2n) is 3.87. The summed E-state index contributed by atoms with van der Waals surface area (Å²) in [4.78, 5) is 10.4. The number of nitrogens with zero attached hydrogens (tertiary/aromatic N) is 2. The Balaban J connectivity index is 2.43. The zero-order valence-electron chi connectivity index (χ0n) is 9.89. The number of nitrogens with one attached hydrogen (secondary N) is 1. The minimum absolute atomic E-state index is 0.0188. The summed E-state index contributed by atoms with van der Waals surface area (Å²) in [6.45, 7) is 5.09. The van der Waals surface area contributed by atoms with Gasteiger partial charge in [-0.25, -0.2) is 0 Å². The van der Waals surface area contributed by atoms with E-state index < -0.39 is 5.97 Å². The van der Waals surface area contributed by atoms with E-state index in [1.807, 2.05) is 0 Å². The minimum Gasteiger partial charge on any atom is -0.481 e. The lowest BCUT2D eigenvalue weighted by Crippen LogP contribution is -2.25. The van der Waals surface area contributed by atoms with Crippen molar-refractivity contribution in [3.63, 3.8) is 0 Å². The van der Waals surface area contributed by atoms with Gasteiger partial charge in [-0.1, -0.05) is 23.1 Å². The lowest BCUT2D eigenvalue weighted by molar-refractivity contribution is -0.133. The van der Waals surface area contributed by atoms with Gasteiger partial charge in [-0.2, -0.15) is 11.8 Å². The van der Waals surface area contributed by atoms with Gasteiger partial charge in [0, 0.05) is 11.3 Å². The molecule has 0 spiro atoms. The van der Waals surface area contributed by atoms with Crippen LogP contribution in [0.3, 0.4) is 0 Å². The normalized spacial score (nSPS) is 11.5. The van der Waals surface area contributed by atoms with Crippen molar-refractivity contribution in [2.75, 3.05) is 23.9 Å². The molecular weight excluding hydrogens is 278 g/mol. The van der Waals surface area contributed by atoms with Crippen LogP contribution in [0, 0.1) is 0 Å². The average molecular weight is 293 g/mol. The Hall–Kier alpha value is -0.470. The summed E-state index contributed by atoms with van der Waals surface area (Å²) in [5.41, 5.74) is 0. The number of aromatic nitrogens is 2. The number of hydrogen-bond donors (Lipinski definition) is 2. The topological polar surface area (TPSA) is 75.1 Å². The fraction of sp³-hybridized carbons (Fsp3) is 0.667. The number of carbonyl (C=O) groups is 1. The first-order valence-corrected chi connectivity index (χ1v) is 7.93. The molecule has 0 fully saturated rings. The standard InChI is InChI=1S/C9H15N3O2S3/c1-9(2,15-3)5-10-7-11-12-8(17-7)16-4-6(13)14/h4-5H2,1-3H3,(H,10,11)(H,13,14). The molecule has 0 saturated carbocycles. The van der Waals surface area contributed by atoms with E-state index >= 15 is 0 Å². The number of rotatable bonds is 7. The Kier molecular flexibility index (Phi) is 5.54. The third kappa shape index (κ3) is 5.60. The number of carboxylic acid groups (broad SMARTS) is 1. The largest absolute Gasteiger partial charge is 0.481 e. The highest BCUT2D eigenvalue weighted by Crippen LogP contribution is 2.27. The van der Waals surface area contributed by atoms with Gasteiger partial charge in [-0.15, -0.1) is 10.2 Å². The van der Waals surface area contributed by atoms with Crippen LogP contribution < -0.4 is 5.32 Å². The molecule has 0 aromatic carbocycles. The van der Waals surface area contributed by atoms with Crippen LogP contribution in [0.2, 0.25) is 0 Å². The number of anilines is 1. The van der Waals surface area contributed by atoms with E-state index in [1.54, 1.807) is 11.8 Å². The van der Waals surface area contributed by atoms with Crippen LogP contribution in [-0.4, -0.2) is 44.6 Å². The molecule has 1 rings (SSSR count). The second kappa shape index (κ2) is 6.46. The molecule has 5 nitrogen and oxygen atoms in total. The monoisotopic (exact) mass is 293 g/mol. The van der Waals surface area contributed by atoms with Crippen LogP contribution in [-0.2, 0) is 4.79 Å². The van der Waals surface area contributed by atoms with Crippen LogP contribution >= 0.6 is 34.9 Å². The van der Waals surface area contributed by atoms with Crippen molar-refractivity contribution in [2.24, 2.45) is 0 Å². The molecule has 1 aromatic rings. The Morgan fingerprint density at radius 2 is 2.24 bits per heavy atom. The summed E-state index contributed by atoms with van der Waals surface area (Å²) in [7, 11) is 0. The lowest BCUT2D eigenvalue weighted by atomic mass is 10.2. The van der Waals surface area contributed by atoms with Gasteiger partial charge in [-0.05, 0) is 20.1 Å². The molecule has 0 amide bonds. The minimum atomic E-state index is -0.844. The van der Waals surface area contributed by atoms with Crippen LogP contribution in [0.5, 0.6) is 0 Å². The zero-order valence-corrected chi connectivity index (χ0v) is 12.3.